The molecule has 0 amide bonds. The van der Waals surface area contributed by atoms with Crippen LogP contribution in [0.3, 0.4) is 0 Å². The zero-order valence-electron chi connectivity index (χ0n) is 9.47. The van der Waals surface area contributed by atoms with Crippen LogP contribution < -0.4 is 0 Å². The second kappa shape index (κ2) is 5.56. The maximum Gasteiger partial charge on any atom is 0.124 e. The summed E-state index contributed by atoms with van der Waals surface area (Å²) in [5.41, 5.74) is 1.33. The van der Waals surface area contributed by atoms with Crippen molar-refractivity contribution in [1.29, 1.82) is 5.26 Å². The highest BCUT2D eigenvalue weighted by atomic mass is 32.2. The standard InChI is InChI=1S/C14H10FNOS/c15-13-5-2-6-14(8-13)18(17)10-12-4-1-3-11(7-12)9-16/h1-8H,10H2. The molecule has 1 atom stereocenters. The van der Waals surface area contributed by atoms with Crippen molar-refractivity contribution >= 4 is 10.8 Å². The number of halogens is 1. The Kier molecular flexibility index (Phi) is 3.85. The highest BCUT2D eigenvalue weighted by molar-refractivity contribution is 7.84. The number of hydrogen-bond donors (Lipinski definition) is 0. The van der Waals surface area contributed by atoms with Crippen LogP contribution in [0.25, 0.3) is 0 Å². The number of nitriles is 1. The minimum absolute atomic E-state index is 0.277. The van der Waals surface area contributed by atoms with Gasteiger partial charge in [-0.2, -0.15) is 5.26 Å². The van der Waals surface area contributed by atoms with Gasteiger partial charge in [-0.3, -0.25) is 4.21 Å². The number of benzene rings is 2. The number of rotatable bonds is 3. The number of hydrogen-bond acceptors (Lipinski definition) is 2. The molecule has 0 aromatic heterocycles. The molecule has 0 aliphatic carbocycles. The van der Waals surface area contributed by atoms with E-state index in [9.17, 15) is 8.60 Å². The van der Waals surface area contributed by atoms with E-state index in [4.69, 9.17) is 5.26 Å². The molecule has 0 aliphatic rings. The first-order chi connectivity index (χ1) is 8.69. The van der Waals surface area contributed by atoms with E-state index in [1.54, 1.807) is 30.3 Å². The predicted octanol–water partition coefficient (Wildman–Crippen LogP) is 3.01. The Hall–Kier alpha value is -1.99. The fourth-order valence-electron chi connectivity index (χ4n) is 1.57. The van der Waals surface area contributed by atoms with E-state index < -0.39 is 16.6 Å². The molecular weight excluding hydrogens is 249 g/mol. The van der Waals surface area contributed by atoms with Crippen molar-refractivity contribution in [2.75, 3.05) is 0 Å². The molecule has 0 aliphatic heterocycles. The Labute approximate surface area is 107 Å². The number of nitrogens with zero attached hydrogens (tertiary/aromatic N) is 1. The van der Waals surface area contributed by atoms with E-state index in [-0.39, 0.29) is 5.75 Å². The van der Waals surface area contributed by atoms with Crippen LogP contribution in [0.1, 0.15) is 11.1 Å². The second-order valence-corrected chi connectivity index (χ2v) is 5.21. The van der Waals surface area contributed by atoms with Crippen LogP contribution in [-0.4, -0.2) is 4.21 Å². The quantitative estimate of drug-likeness (QED) is 0.850. The van der Waals surface area contributed by atoms with Crippen LogP contribution >= 0.6 is 0 Å². The van der Waals surface area contributed by atoms with E-state index in [2.05, 4.69) is 0 Å². The van der Waals surface area contributed by atoms with Gasteiger partial charge in [0.25, 0.3) is 0 Å². The van der Waals surface area contributed by atoms with Gasteiger partial charge >= 0.3 is 0 Å². The summed E-state index contributed by atoms with van der Waals surface area (Å²) in [7, 11) is -1.30. The lowest BCUT2D eigenvalue weighted by Gasteiger charge is -2.03. The SMILES string of the molecule is N#Cc1cccc(CS(=O)c2cccc(F)c2)c1. The first-order valence-electron chi connectivity index (χ1n) is 5.32. The third-order valence-electron chi connectivity index (χ3n) is 2.41. The maximum absolute atomic E-state index is 13.0. The van der Waals surface area contributed by atoms with Gasteiger partial charge in [-0.1, -0.05) is 18.2 Å². The van der Waals surface area contributed by atoms with Crippen LogP contribution in [0.4, 0.5) is 4.39 Å². The van der Waals surface area contributed by atoms with E-state index in [1.807, 2.05) is 6.07 Å². The molecule has 0 bridgehead atoms. The zero-order chi connectivity index (χ0) is 13.0. The molecule has 0 saturated carbocycles. The summed E-state index contributed by atoms with van der Waals surface area (Å²) in [5, 5.41) is 8.77. The smallest absolute Gasteiger partial charge is 0.124 e. The largest absolute Gasteiger partial charge is 0.254 e. The lowest BCUT2D eigenvalue weighted by atomic mass is 10.2. The third-order valence-corrected chi connectivity index (χ3v) is 3.79. The molecule has 2 rings (SSSR count). The average molecular weight is 259 g/mol. The van der Waals surface area contributed by atoms with Crippen molar-refractivity contribution in [3.63, 3.8) is 0 Å². The fraction of sp³-hybridized carbons (Fsp3) is 0.0714. The topological polar surface area (TPSA) is 40.9 Å². The van der Waals surface area contributed by atoms with Gasteiger partial charge in [0.05, 0.1) is 28.2 Å². The van der Waals surface area contributed by atoms with Crippen LogP contribution in [0.15, 0.2) is 53.4 Å². The molecule has 0 radical (unpaired) electrons. The lowest BCUT2D eigenvalue weighted by molar-refractivity contribution is 0.622. The van der Waals surface area contributed by atoms with E-state index in [0.717, 1.165) is 5.56 Å². The summed E-state index contributed by atoms with van der Waals surface area (Å²) in [6.07, 6.45) is 0. The summed E-state index contributed by atoms with van der Waals surface area (Å²) < 4.78 is 25.0. The summed E-state index contributed by atoms with van der Waals surface area (Å²) in [5.74, 6) is -0.120. The van der Waals surface area contributed by atoms with E-state index in [1.165, 1.54) is 18.2 Å². The van der Waals surface area contributed by atoms with Gasteiger partial charge in [-0.25, -0.2) is 4.39 Å². The zero-order valence-corrected chi connectivity index (χ0v) is 10.3. The molecule has 0 fully saturated rings. The molecular formula is C14H10FNOS. The van der Waals surface area contributed by atoms with E-state index >= 15 is 0 Å². The first kappa shape index (κ1) is 12.5. The Morgan fingerprint density at radius 2 is 1.94 bits per heavy atom. The van der Waals surface area contributed by atoms with Gasteiger partial charge < -0.3 is 0 Å². The van der Waals surface area contributed by atoms with Gasteiger partial charge in [0.15, 0.2) is 0 Å². The molecule has 0 N–H and O–H groups in total. The Balaban J connectivity index is 2.19. The monoisotopic (exact) mass is 259 g/mol. The van der Waals surface area contributed by atoms with Crippen molar-refractivity contribution in [2.24, 2.45) is 0 Å². The van der Waals surface area contributed by atoms with Crippen molar-refractivity contribution in [3.05, 3.63) is 65.5 Å². The van der Waals surface area contributed by atoms with Crippen molar-refractivity contribution in [2.45, 2.75) is 10.6 Å². The molecule has 4 heteroatoms. The predicted molar refractivity (Wildman–Crippen MR) is 67.7 cm³/mol. The Bertz CT molecular complexity index is 634. The molecule has 0 saturated heterocycles. The summed E-state index contributed by atoms with van der Waals surface area (Å²) in [4.78, 5) is 0.456. The van der Waals surface area contributed by atoms with Crippen LogP contribution in [0.5, 0.6) is 0 Å². The van der Waals surface area contributed by atoms with Gasteiger partial charge in [0.2, 0.25) is 0 Å². The first-order valence-corrected chi connectivity index (χ1v) is 6.64. The molecule has 0 heterocycles. The molecule has 2 aromatic carbocycles. The second-order valence-electron chi connectivity index (χ2n) is 3.76. The fourth-order valence-corrected chi connectivity index (χ4v) is 2.70. The maximum atomic E-state index is 13.0. The third kappa shape index (κ3) is 3.02. The van der Waals surface area contributed by atoms with Crippen LogP contribution in [-0.2, 0) is 16.6 Å². The molecule has 18 heavy (non-hydrogen) atoms. The van der Waals surface area contributed by atoms with Crippen molar-refractivity contribution < 1.29 is 8.60 Å². The molecule has 90 valence electrons. The highest BCUT2D eigenvalue weighted by Crippen LogP contribution is 2.14. The Morgan fingerprint density at radius 3 is 2.67 bits per heavy atom. The van der Waals surface area contributed by atoms with Crippen molar-refractivity contribution in [3.8, 4) is 6.07 Å². The molecule has 1 unspecified atom stereocenters. The molecule has 0 spiro atoms. The summed E-state index contributed by atoms with van der Waals surface area (Å²) in [6.45, 7) is 0. The van der Waals surface area contributed by atoms with Gasteiger partial charge in [-0.15, -0.1) is 0 Å². The van der Waals surface area contributed by atoms with Crippen LogP contribution in [0.2, 0.25) is 0 Å². The van der Waals surface area contributed by atoms with Gasteiger partial charge in [0, 0.05) is 4.90 Å². The van der Waals surface area contributed by atoms with E-state index in [0.29, 0.717) is 10.5 Å². The minimum Gasteiger partial charge on any atom is -0.254 e. The highest BCUT2D eigenvalue weighted by Gasteiger charge is 2.06. The summed E-state index contributed by atoms with van der Waals surface area (Å²) in [6, 6.07) is 14.7. The van der Waals surface area contributed by atoms with Gasteiger partial charge in [0.1, 0.15) is 5.82 Å². The lowest BCUT2D eigenvalue weighted by Crippen LogP contribution is -1.97. The average Bonchev–Trinajstić information content (AvgIpc) is 2.39. The minimum atomic E-state index is -1.30. The normalized spacial score (nSPS) is 11.8. The molecule has 2 nitrogen and oxygen atoms in total. The Morgan fingerprint density at radius 1 is 1.17 bits per heavy atom. The summed E-state index contributed by atoms with van der Waals surface area (Å²) >= 11 is 0. The van der Waals surface area contributed by atoms with Crippen molar-refractivity contribution in [1.82, 2.24) is 0 Å². The van der Waals surface area contributed by atoms with Crippen LogP contribution in [0, 0.1) is 17.1 Å². The van der Waals surface area contributed by atoms with Gasteiger partial charge in [-0.05, 0) is 35.9 Å². The molecule has 2 aromatic rings.